The van der Waals surface area contributed by atoms with Crippen molar-refractivity contribution in [2.75, 3.05) is 6.54 Å². The van der Waals surface area contributed by atoms with Gasteiger partial charge >= 0.3 is 0 Å². The predicted molar refractivity (Wildman–Crippen MR) is 93.7 cm³/mol. The van der Waals surface area contributed by atoms with Crippen molar-refractivity contribution >= 4 is 11.0 Å². The molecule has 1 atom stereocenters. The van der Waals surface area contributed by atoms with Gasteiger partial charge in [-0.25, -0.2) is 0 Å². The molecule has 1 aromatic carbocycles. The molecule has 0 aliphatic carbocycles. The van der Waals surface area contributed by atoms with Crippen molar-refractivity contribution in [1.82, 2.24) is 9.88 Å². The van der Waals surface area contributed by atoms with Crippen molar-refractivity contribution in [2.24, 2.45) is 0 Å². The Morgan fingerprint density at radius 1 is 1.17 bits per heavy atom. The molecule has 0 amide bonds. The normalized spacial score (nSPS) is 18.8. The van der Waals surface area contributed by atoms with Gasteiger partial charge in [-0.3, -0.25) is 14.7 Å². The first-order valence-corrected chi connectivity index (χ1v) is 8.46. The first kappa shape index (κ1) is 15.1. The fourth-order valence-corrected chi connectivity index (χ4v) is 3.58. The van der Waals surface area contributed by atoms with Gasteiger partial charge in [0, 0.05) is 30.5 Å². The number of rotatable bonds is 3. The number of nitrogens with zero attached hydrogens (tertiary/aromatic N) is 2. The van der Waals surface area contributed by atoms with Crippen LogP contribution in [0.15, 0.2) is 64.3 Å². The Morgan fingerprint density at radius 2 is 2.08 bits per heavy atom. The van der Waals surface area contributed by atoms with E-state index in [1.54, 1.807) is 12.5 Å². The van der Waals surface area contributed by atoms with Crippen LogP contribution < -0.4 is 5.43 Å². The van der Waals surface area contributed by atoms with Crippen molar-refractivity contribution in [1.29, 1.82) is 0 Å². The number of likely N-dealkylation sites (tertiary alicyclic amines) is 1. The van der Waals surface area contributed by atoms with Crippen LogP contribution in [0, 0.1) is 0 Å². The number of piperidine rings is 1. The van der Waals surface area contributed by atoms with Gasteiger partial charge in [-0.2, -0.15) is 0 Å². The number of hydrogen-bond donors (Lipinski definition) is 0. The molecular weight excluding hydrogens is 300 g/mol. The van der Waals surface area contributed by atoms with Crippen molar-refractivity contribution in [3.05, 3.63) is 76.4 Å². The Kier molecular flexibility index (Phi) is 4.13. The highest BCUT2D eigenvalue weighted by molar-refractivity contribution is 5.76. The van der Waals surface area contributed by atoms with Crippen LogP contribution in [0.5, 0.6) is 0 Å². The van der Waals surface area contributed by atoms with Gasteiger partial charge < -0.3 is 4.42 Å². The summed E-state index contributed by atoms with van der Waals surface area (Å²) >= 11 is 0. The van der Waals surface area contributed by atoms with Gasteiger partial charge in [-0.15, -0.1) is 0 Å². The maximum Gasteiger partial charge on any atom is 0.197 e. The Hall–Kier alpha value is -2.46. The first-order chi connectivity index (χ1) is 11.8. The van der Waals surface area contributed by atoms with Gasteiger partial charge in [0.15, 0.2) is 5.43 Å². The van der Waals surface area contributed by atoms with Gasteiger partial charge in [0.1, 0.15) is 5.58 Å². The molecule has 1 fully saturated rings. The number of benzene rings is 1. The van der Waals surface area contributed by atoms with Gasteiger partial charge in [0.2, 0.25) is 0 Å². The van der Waals surface area contributed by atoms with E-state index in [-0.39, 0.29) is 5.43 Å². The standard InChI is InChI=1S/C20H20N2O2/c23-20-16(14-24-19-9-2-1-7-17(19)20)13-22-11-4-3-8-18(22)15-6-5-10-21-12-15/h1-2,5-7,9-10,12,14,18H,3-4,8,11,13H2. The molecule has 4 heteroatoms. The molecule has 2 aromatic heterocycles. The smallest absolute Gasteiger partial charge is 0.197 e. The lowest BCUT2D eigenvalue weighted by molar-refractivity contribution is 0.139. The average Bonchev–Trinajstić information content (AvgIpc) is 2.65. The molecule has 1 aliphatic heterocycles. The van der Waals surface area contributed by atoms with Gasteiger partial charge in [0.05, 0.1) is 11.6 Å². The lowest BCUT2D eigenvalue weighted by atomic mass is 9.96. The summed E-state index contributed by atoms with van der Waals surface area (Å²) in [6.45, 7) is 1.61. The molecule has 0 N–H and O–H groups in total. The molecule has 3 aromatic rings. The van der Waals surface area contributed by atoms with Crippen LogP contribution >= 0.6 is 0 Å². The number of fused-ring (bicyclic) bond motifs is 1. The van der Waals surface area contributed by atoms with Crippen LogP contribution in [-0.2, 0) is 6.54 Å². The Labute approximate surface area is 140 Å². The third-order valence-corrected chi connectivity index (χ3v) is 4.81. The zero-order valence-corrected chi connectivity index (χ0v) is 13.5. The Balaban J connectivity index is 1.66. The third kappa shape index (κ3) is 2.85. The minimum atomic E-state index is 0.0763. The maximum atomic E-state index is 12.7. The SMILES string of the molecule is O=c1c(CN2CCCCC2c2cccnc2)coc2ccccc12. The zero-order chi connectivity index (χ0) is 16.4. The number of pyridine rings is 1. The summed E-state index contributed by atoms with van der Waals surface area (Å²) < 4.78 is 5.67. The molecule has 0 saturated carbocycles. The van der Waals surface area contributed by atoms with Crippen LogP contribution in [0.2, 0.25) is 0 Å². The molecule has 1 saturated heterocycles. The largest absolute Gasteiger partial charge is 0.464 e. The van der Waals surface area contributed by atoms with E-state index in [2.05, 4.69) is 16.0 Å². The van der Waals surface area contributed by atoms with Crippen LogP contribution in [0.1, 0.15) is 36.4 Å². The third-order valence-electron chi connectivity index (χ3n) is 4.81. The average molecular weight is 320 g/mol. The summed E-state index contributed by atoms with van der Waals surface area (Å²) in [5.41, 5.74) is 2.67. The molecule has 1 unspecified atom stereocenters. The van der Waals surface area contributed by atoms with Crippen LogP contribution in [-0.4, -0.2) is 16.4 Å². The Bertz CT molecular complexity index is 889. The highest BCUT2D eigenvalue weighted by Crippen LogP contribution is 2.31. The molecule has 0 bridgehead atoms. The van der Waals surface area contributed by atoms with E-state index in [0.717, 1.165) is 24.9 Å². The second-order valence-electron chi connectivity index (χ2n) is 6.35. The predicted octanol–water partition coefficient (Wildman–Crippen LogP) is 3.92. The molecule has 24 heavy (non-hydrogen) atoms. The monoisotopic (exact) mass is 320 g/mol. The highest BCUT2D eigenvalue weighted by atomic mass is 16.3. The second kappa shape index (κ2) is 6.57. The molecule has 0 radical (unpaired) electrons. The van der Waals surface area contributed by atoms with Crippen molar-refractivity contribution < 1.29 is 4.42 Å². The van der Waals surface area contributed by atoms with E-state index in [9.17, 15) is 4.79 Å². The van der Waals surface area contributed by atoms with E-state index >= 15 is 0 Å². The fraction of sp³-hybridized carbons (Fsp3) is 0.300. The number of hydrogen-bond acceptors (Lipinski definition) is 4. The topological polar surface area (TPSA) is 46.3 Å². The van der Waals surface area contributed by atoms with Crippen molar-refractivity contribution in [3.63, 3.8) is 0 Å². The molecule has 122 valence electrons. The van der Waals surface area contributed by atoms with Crippen LogP contribution in [0.25, 0.3) is 11.0 Å². The fourth-order valence-electron chi connectivity index (χ4n) is 3.58. The van der Waals surface area contributed by atoms with Gasteiger partial charge in [-0.1, -0.05) is 24.6 Å². The molecule has 4 nitrogen and oxygen atoms in total. The van der Waals surface area contributed by atoms with E-state index < -0.39 is 0 Å². The van der Waals surface area contributed by atoms with Crippen LogP contribution in [0.3, 0.4) is 0 Å². The summed E-state index contributed by atoms with van der Waals surface area (Å²) in [5, 5.41) is 0.657. The zero-order valence-electron chi connectivity index (χ0n) is 13.5. The van der Waals surface area contributed by atoms with E-state index in [4.69, 9.17) is 4.42 Å². The van der Waals surface area contributed by atoms with E-state index in [0.29, 0.717) is 23.6 Å². The molecule has 0 spiro atoms. The summed E-state index contributed by atoms with van der Waals surface area (Å²) in [6, 6.07) is 11.8. The quantitative estimate of drug-likeness (QED) is 0.734. The van der Waals surface area contributed by atoms with Crippen LogP contribution in [0.4, 0.5) is 0 Å². The second-order valence-corrected chi connectivity index (χ2v) is 6.35. The molecule has 4 rings (SSSR count). The summed E-state index contributed by atoms with van der Waals surface area (Å²) in [4.78, 5) is 19.4. The maximum absolute atomic E-state index is 12.7. The molecule has 3 heterocycles. The first-order valence-electron chi connectivity index (χ1n) is 8.46. The summed E-state index contributed by atoms with van der Waals surface area (Å²) in [6.07, 6.45) is 8.84. The summed E-state index contributed by atoms with van der Waals surface area (Å²) in [5.74, 6) is 0. The van der Waals surface area contributed by atoms with Gasteiger partial charge in [0.25, 0.3) is 0 Å². The lowest BCUT2D eigenvalue weighted by Gasteiger charge is -2.35. The number of para-hydroxylation sites is 1. The lowest BCUT2D eigenvalue weighted by Crippen LogP contribution is -2.34. The minimum absolute atomic E-state index is 0.0763. The molecule has 1 aliphatic rings. The van der Waals surface area contributed by atoms with E-state index in [1.807, 2.05) is 36.5 Å². The molecular formula is C20H20N2O2. The Morgan fingerprint density at radius 3 is 2.96 bits per heavy atom. The highest BCUT2D eigenvalue weighted by Gasteiger charge is 2.25. The minimum Gasteiger partial charge on any atom is -0.464 e. The number of aromatic nitrogens is 1. The van der Waals surface area contributed by atoms with Crippen molar-refractivity contribution in [3.8, 4) is 0 Å². The van der Waals surface area contributed by atoms with E-state index in [1.165, 1.54) is 12.0 Å². The van der Waals surface area contributed by atoms with Crippen molar-refractivity contribution in [2.45, 2.75) is 31.8 Å². The van der Waals surface area contributed by atoms with Gasteiger partial charge in [-0.05, 0) is 43.1 Å². The summed E-state index contributed by atoms with van der Waals surface area (Å²) in [7, 11) is 0.